The molecule has 0 spiro atoms. The molecule has 1 saturated heterocycles. The molecule has 1 fully saturated rings. The first kappa shape index (κ1) is 20.0. The fraction of sp³-hybridized carbons (Fsp3) is 0.261. The van der Waals surface area contributed by atoms with Gasteiger partial charge in [-0.25, -0.2) is 14.4 Å². The lowest BCUT2D eigenvalue weighted by molar-refractivity contribution is 0.0937. The summed E-state index contributed by atoms with van der Waals surface area (Å²) in [5.74, 6) is 0.484. The molecule has 0 N–H and O–H groups in total. The van der Waals surface area contributed by atoms with Crippen LogP contribution in [0.15, 0.2) is 69.2 Å². The molecule has 5 rings (SSSR count). The van der Waals surface area contributed by atoms with Gasteiger partial charge in [-0.05, 0) is 43.2 Å². The summed E-state index contributed by atoms with van der Waals surface area (Å²) in [5.41, 5.74) is 1.87. The molecule has 8 heteroatoms. The quantitative estimate of drug-likeness (QED) is 0.323. The molecule has 1 atom stereocenters. The molecule has 1 unspecified atom stereocenters. The molecular weight excluding hydrogens is 417 g/mol. The maximum atomic E-state index is 13.5. The van der Waals surface area contributed by atoms with Crippen LogP contribution in [-0.4, -0.2) is 27.2 Å². The first-order valence-electron chi connectivity index (χ1n) is 10.1. The number of fused-ring (bicyclic) bond motifs is 1. The molecule has 0 radical (unpaired) electrons. The number of hydrogen-bond acceptors (Lipinski definition) is 6. The van der Waals surface area contributed by atoms with Crippen molar-refractivity contribution in [2.45, 2.75) is 36.4 Å². The van der Waals surface area contributed by atoms with Crippen LogP contribution in [0.1, 0.15) is 18.5 Å². The van der Waals surface area contributed by atoms with Crippen LogP contribution in [-0.2, 0) is 17.0 Å². The highest BCUT2D eigenvalue weighted by Crippen LogP contribution is 2.26. The zero-order chi connectivity index (χ0) is 21.2. The van der Waals surface area contributed by atoms with E-state index in [0.29, 0.717) is 45.5 Å². The van der Waals surface area contributed by atoms with Crippen LogP contribution in [0.5, 0.6) is 0 Å². The van der Waals surface area contributed by atoms with Crippen molar-refractivity contribution in [3.8, 4) is 11.5 Å². The first-order chi connectivity index (χ1) is 15.2. The van der Waals surface area contributed by atoms with Gasteiger partial charge in [0.2, 0.25) is 5.89 Å². The molecule has 0 aliphatic carbocycles. The fourth-order valence-corrected chi connectivity index (χ4v) is 4.56. The molecule has 158 valence electrons. The summed E-state index contributed by atoms with van der Waals surface area (Å²) in [5, 5.41) is 1.22. The van der Waals surface area contributed by atoms with Gasteiger partial charge in [-0.1, -0.05) is 30.0 Å². The lowest BCUT2D eigenvalue weighted by atomic mass is 10.2. The van der Waals surface area contributed by atoms with Crippen molar-refractivity contribution in [1.29, 1.82) is 0 Å². The summed E-state index contributed by atoms with van der Waals surface area (Å²) in [6, 6.07) is 13.5. The van der Waals surface area contributed by atoms with E-state index < -0.39 is 0 Å². The Labute approximate surface area is 182 Å². The Hall–Kier alpha value is -2.97. The number of para-hydroxylation sites is 1. The summed E-state index contributed by atoms with van der Waals surface area (Å²) in [6.07, 6.45) is 3.51. The van der Waals surface area contributed by atoms with Crippen molar-refractivity contribution < 1.29 is 13.5 Å². The second kappa shape index (κ2) is 8.64. The summed E-state index contributed by atoms with van der Waals surface area (Å²) >= 11 is 1.42. The molecule has 1 aliphatic rings. The van der Waals surface area contributed by atoms with E-state index >= 15 is 0 Å². The Morgan fingerprint density at radius 2 is 2.06 bits per heavy atom. The molecule has 2 aromatic heterocycles. The minimum Gasteiger partial charge on any atom is -0.444 e. The van der Waals surface area contributed by atoms with Crippen LogP contribution in [0, 0.1) is 5.82 Å². The molecule has 2 aromatic carbocycles. The molecule has 0 amide bonds. The molecule has 1 aliphatic heterocycles. The predicted molar refractivity (Wildman–Crippen MR) is 116 cm³/mol. The van der Waals surface area contributed by atoms with Gasteiger partial charge in [-0.3, -0.25) is 9.36 Å². The van der Waals surface area contributed by atoms with Crippen molar-refractivity contribution >= 4 is 22.7 Å². The largest absolute Gasteiger partial charge is 0.444 e. The van der Waals surface area contributed by atoms with Crippen LogP contribution >= 0.6 is 11.8 Å². The molecule has 6 nitrogen and oxygen atoms in total. The van der Waals surface area contributed by atoms with E-state index in [1.54, 1.807) is 29.0 Å². The number of rotatable bonds is 6. The van der Waals surface area contributed by atoms with E-state index in [2.05, 4.69) is 4.98 Å². The molecule has 0 bridgehead atoms. The van der Waals surface area contributed by atoms with Gasteiger partial charge in [-0.2, -0.15) is 0 Å². The standard InChI is InChI=1S/C23H20FN3O3S/c24-16-6-3-5-15(11-16)21-25-17(13-30-21)14-31-23-26-20-9-2-1-8-19(20)22(28)27(23)12-18-7-4-10-29-18/h1-3,5-6,8-9,11,13,18H,4,7,10,12,14H2. The van der Waals surface area contributed by atoms with Gasteiger partial charge in [0.05, 0.1) is 29.2 Å². The van der Waals surface area contributed by atoms with Gasteiger partial charge < -0.3 is 9.15 Å². The van der Waals surface area contributed by atoms with Gasteiger partial charge in [0.25, 0.3) is 5.56 Å². The predicted octanol–water partition coefficient (Wildman–Crippen LogP) is 4.66. The molecule has 31 heavy (non-hydrogen) atoms. The second-order valence-corrected chi connectivity index (χ2v) is 8.35. The third kappa shape index (κ3) is 4.26. The van der Waals surface area contributed by atoms with Gasteiger partial charge in [0.1, 0.15) is 12.1 Å². The van der Waals surface area contributed by atoms with Gasteiger partial charge in [-0.15, -0.1) is 0 Å². The number of oxazole rings is 1. The average Bonchev–Trinajstić information content (AvgIpc) is 3.47. The molecular formula is C23H20FN3O3S. The Morgan fingerprint density at radius 3 is 2.90 bits per heavy atom. The average molecular weight is 437 g/mol. The van der Waals surface area contributed by atoms with E-state index in [0.717, 1.165) is 19.4 Å². The Balaban J connectivity index is 1.42. The van der Waals surface area contributed by atoms with Crippen LogP contribution in [0.2, 0.25) is 0 Å². The summed E-state index contributed by atoms with van der Waals surface area (Å²) < 4.78 is 26.5. The highest BCUT2D eigenvalue weighted by molar-refractivity contribution is 7.98. The number of thioether (sulfide) groups is 1. The number of ether oxygens (including phenoxy) is 1. The monoisotopic (exact) mass is 437 g/mol. The first-order valence-corrected chi connectivity index (χ1v) is 11.1. The topological polar surface area (TPSA) is 70.2 Å². The van der Waals surface area contributed by atoms with Crippen molar-refractivity contribution in [2.24, 2.45) is 0 Å². The molecule has 4 aromatic rings. The van der Waals surface area contributed by atoms with Crippen LogP contribution < -0.4 is 5.56 Å². The van der Waals surface area contributed by atoms with E-state index in [9.17, 15) is 9.18 Å². The lowest BCUT2D eigenvalue weighted by Crippen LogP contribution is -2.28. The Kier molecular flexibility index (Phi) is 5.57. The third-order valence-corrected chi connectivity index (χ3v) is 6.22. The summed E-state index contributed by atoms with van der Waals surface area (Å²) in [4.78, 5) is 22.3. The van der Waals surface area contributed by atoms with E-state index in [4.69, 9.17) is 14.1 Å². The highest BCUT2D eigenvalue weighted by Gasteiger charge is 2.20. The summed E-state index contributed by atoms with van der Waals surface area (Å²) in [7, 11) is 0. The van der Waals surface area contributed by atoms with Crippen molar-refractivity contribution in [2.75, 3.05) is 6.61 Å². The Morgan fingerprint density at radius 1 is 1.16 bits per heavy atom. The van der Waals surface area contributed by atoms with E-state index in [-0.39, 0.29) is 17.5 Å². The second-order valence-electron chi connectivity index (χ2n) is 7.41. The maximum Gasteiger partial charge on any atom is 0.262 e. The third-order valence-electron chi connectivity index (χ3n) is 5.21. The van der Waals surface area contributed by atoms with Crippen LogP contribution in [0.4, 0.5) is 4.39 Å². The van der Waals surface area contributed by atoms with Gasteiger partial charge in [0.15, 0.2) is 5.16 Å². The fourth-order valence-electron chi connectivity index (χ4n) is 3.68. The minimum absolute atomic E-state index is 0.0200. The van der Waals surface area contributed by atoms with Crippen molar-refractivity contribution in [1.82, 2.24) is 14.5 Å². The molecule has 0 saturated carbocycles. The van der Waals surface area contributed by atoms with Gasteiger partial charge in [0, 0.05) is 17.9 Å². The zero-order valence-corrected chi connectivity index (χ0v) is 17.5. The van der Waals surface area contributed by atoms with Crippen LogP contribution in [0.25, 0.3) is 22.4 Å². The smallest absolute Gasteiger partial charge is 0.262 e. The number of nitrogens with zero attached hydrogens (tertiary/aromatic N) is 3. The SMILES string of the molecule is O=c1c2ccccc2nc(SCc2coc(-c3cccc(F)c3)n2)n1CC1CCCO1. The normalized spacial score (nSPS) is 16.2. The maximum absolute atomic E-state index is 13.5. The van der Waals surface area contributed by atoms with Crippen molar-refractivity contribution in [3.63, 3.8) is 0 Å². The van der Waals surface area contributed by atoms with E-state index in [1.807, 2.05) is 18.2 Å². The van der Waals surface area contributed by atoms with Crippen molar-refractivity contribution in [3.05, 3.63) is 76.7 Å². The van der Waals surface area contributed by atoms with Crippen LogP contribution in [0.3, 0.4) is 0 Å². The number of benzene rings is 2. The van der Waals surface area contributed by atoms with E-state index in [1.165, 1.54) is 23.9 Å². The number of hydrogen-bond donors (Lipinski definition) is 0. The number of halogens is 1. The Bertz CT molecular complexity index is 1280. The minimum atomic E-state index is -0.342. The summed E-state index contributed by atoms with van der Waals surface area (Å²) in [6.45, 7) is 1.21. The van der Waals surface area contributed by atoms with Gasteiger partial charge >= 0.3 is 0 Å². The number of aromatic nitrogens is 3. The molecule has 3 heterocycles. The zero-order valence-electron chi connectivity index (χ0n) is 16.7. The lowest BCUT2D eigenvalue weighted by Gasteiger charge is -2.16. The highest BCUT2D eigenvalue weighted by atomic mass is 32.2.